The Morgan fingerprint density at radius 2 is 1.94 bits per heavy atom. The van der Waals surface area contributed by atoms with E-state index in [9.17, 15) is 4.79 Å². The van der Waals surface area contributed by atoms with Gasteiger partial charge in [-0.05, 0) is 30.5 Å². The summed E-state index contributed by atoms with van der Waals surface area (Å²) in [5.74, 6) is -0.404. The average molecular weight is 238 g/mol. The molecule has 0 saturated heterocycles. The van der Waals surface area contributed by atoms with Crippen LogP contribution in [0.5, 0.6) is 5.75 Å². The minimum atomic E-state index is -0.780. The highest BCUT2D eigenvalue weighted by Crippen LogP contribution is 2.16. The van der Waals surface area contributed by atoms with E-state index >= 15 is 0 Å². The number of aliphatic carboxylic acids is 1. The summed E-state index contributed by atoms with van der Waals surface area (Å²) in [6.45, 7) is 0.465. The van der Waals surface area contributed by atoms with Crippen LogP contribution < -0.4 is 4.74 Å². The molecular weight excluding hydrogens is 220 g/mol. The standard InChI is InChI=1S/C13H18O4/c1-16-8-7-11(13(14)15)9-10-3-5-12(17-2)6-4-10/h3-6,11H,7-9H2,1-2H3,(H,14,15). The van der Waals surface area contributed by atoms with Crippen molar-refractivity contribution < 1.29 is 19.4 Å². The molecule has 0 aliphatic rings. The number of ether oxygens (including phenoxy) is 2. The van der Waals surface area contributed by atoms with E-state index in [-0.39, 0.29) is 0 Å². The Hall–Kier alpha value is -1.55. The first kappa shape index (κ1) is 13.5. The third-order valence-corrected chi connectivity index (χ3v) is 2.66. The van der Waals surface area contributed by atoms with Gasteiger partial charge < -0.3 is 14.6 Å². The molecule has 4 nitrogen and oxygen atoms in total. The monoisotopic (exact) mass is 238 g/mol. The van der Waals surface area contributed by atoms with Gasteiger partial charge in [-0.2, -0.15) is 0 Å². The van der Waals surface area contributed by atoms with E-state index in [2.05, 4.69) is 0 Å². The molecule has 0 aliphatic heterocycles. The molecule has 1 unspecified atom stereocenters. The van der Waals surface area contributed by atoms with Crippen molar-refractivity contribution in [1.82, 2.24) is 0 Å². The first-order valence-corrected chi connectivity index (χ1v) is 5.52. The summed E-state index contributed by atoms with van der Waals surface area (Å²) in [6.07, 6.45) is 1.04. The van der Waals surface area contributed by atoms with Gasteiger partial charge in [0.1, 0.15) is 5.75 Å². The number of hydrogen-bond donors (Lipinski definition) is 1. The molecule has 17 heavy (non-hydrogen) atoms. The van der Waals surface area contributed by atoms with Gasteiger partial charge in [0.05, 0.1) is 13.0 Å². The average Bonchev–Trinajstić information content (AvgIpc) is 2.35. The van der Waals surface area contributed by atoms with Crippen LogP contribution in [-0.2, 0) is 16.0 Å². The SMILES string of the molecule is COCCC(Cc1ccc(OC)cc1)C(=O)O. The molecule has 0 aliphatic carbocycles. The molecule has 1 atom stereocenters. The molecule has 1 N–H and O–H groups in total. The van der Waals surface area contributed by atoms with Crippen LogP contribution in [0.25, 0.3) is 0 Å². The van der Waals surface area contributed by atoms with Crippen LogP contribution in [0.1, 0.15) is 12.0 Å². The lowest BCUT2D eigenvalue weighted by atomic mass is 9.96. The van der Waals surface area contributed by atoms with E-state index in [4.69, 9.17) is 14.6 Å². The van der Waals surface area contributed by atoms with Crippen molar-refractivity contribution in [2.75, 3.05) is 20.8 Å². The maximum Gasteiger partial charge on any atom is 0.306 e. The summed E-state index contributed by atoms with van der Waals surface area (Å²) in [4.78, 5) is 11.1. The number of carboxylic acids is 1. The molecule has 0 fully saturated rings. The van der Waals surface area contributed by atoms with Gasteiger partial charge in [-0.15, -0.1) is 0 Å². The Morgan fingerprint density at radius 3 is 2.41 bits per heavy atom. The highest BCUT2D eigenvalue weighted by atomic mass is 16.5. The molecule has 0 heterocycles. The van der Waals surface area contributed by atoms with Crippen LogP contribution in [-0.4, -0.2) is 31.9 Å². The molecule has 0 aromatic heterocycles. The van der Waals surface area contributed by atoms with Crippen molar-refractivity contribution in [3.05, 3.63) is 29.8 Å². The second-order valence-electron chi connectivity index (χ2n) is 3.87. The van der Waals surface area contributed by atoms with Crippen LogP contribution in [0.2, 0.25) is 0 Å². The Balaban J connectivity index is 2.61. The molecule has 1 rings (SSSR count). The zero-order valence-electron chi connectivity index (χ0n) is 10.2. The smallest absolute Gasteiger partial charge is 0.306 e. The second kappa shape index (κ2) is 6.91. The molecule has 0 saturated carbocycles. The Labute approximate surface area is 101 Å². The van der Waals surface area contributed by atoms with Crippen LogP contribution in [0.3, 0.4) is 0 Å². The summed E-state index contributed by atoms with van der Waals surface area (Å²) in [5, 5.41) is 9.08. The Morgan fingerprint density at radius 1 is 1.29 bits per heavy atom. The lowest BCUT2D eigenvalue weighted by Gasteiger charge is -2.12. The summed E-state index contributed by atoms with van der Waals surface area (Å²) < 4.78 is 9.96. The molecule has 4 heteroatoms. The van der Waals surface area contributed by atoms with E-state index in [1.807, 2.05) is 24.3 Å². The van der Waals surface area contributed by atoms with E-state index in [0.717, 1.165) is 11.3 Å². The summed E-state index contributed by atoms with van der Waals surface area (Å²) >= 11 is 0. The molecule has 0 radical (unpaired) electrons. The Kier molecular flexibility index (Phi) is 5.49. The van der Waals surface area contributed by atoms with Crippen LogP contribution in [0.15, 0.2) is 24.3 Å². The maximum absolute atomic E-state index is 11.1. The quantitative estimate of drug-likeness (QED) is 0.789. The fourth-order valence-corrected chi connectivity index (χ4v) is 1.62. The number of methoxy groups -OCH3 is 2. The van der Waals surface area contributed by atoms with Crippen molar-refractivity contribution in [3.63, 3.8) is 0 Å². The number of hydrogen-bond acceptors (Lipinski definition) is 3. The first-order chi connectivity index (χ1) is 8.17. The largest absolute Gasteiger partial charge is 0.497 e. The third kappa shape index (κ3) is 4.44. The van der Waals surface area contributed by atoms with Gasteiger partial charge in [0, 0.05) is 13.7 Å². The van der Waals surface area contributed by atoms with Crippen molar-refractivity contribution in [1.29, 1.82) is 0 Å². The zero-order chi connectivity index (χ0) is 12.7. The molecule has 1 aromatic carbocycles. The van der Waals surface area contributed by atoms with Crippen molar-refractivity contribution in [2.45, 2.75) is 12.8 Å². The predicted molar refractivity (Wildman–Crippen MR) is 64.3 cm³/mol. The number of rotatable bonds is 7. The van der Waals surface area contributed by atoms with E-state index in [1.165, 1.54) is 0 Å². The number of carbonyl (C=O) groups is 1. The molecule has 1 aromatic rings. The molecule has 0 bridgehead atoms. The van der Waals surface area contributed by atoms with Gasteiger partial charge in [-0.25, -0.2) is 0 Å². The number of benzene rings is 1. The van der Waals surface area contributed by atoms with Crippen molar-refractivity contribution in [2.24, 2.45) is 5.92 Å². The fourth-order valence-electron chi connectivity index (χ4n) is 1.62. The second-order valence-corrected chi connectivity index (χ2v) is 3.87. The topological polar surface area (TPSA) is 55.8 Å². The normalized spacial score (nSPS) is 12.1. The van der Waals surface area contributed by atoms with Crippen LogP contribution >= 0.6 is 0 Å². The first-order valence-electron chi connectivity index (χ1n) is 5.52. The van der Waals surface area contributed by atoms with Gasteiger partial charge in [-0.1, -0.05) is 12.1 Å². The lowest BCUT2D eigenvalue weighted by Crippen LogP contribution is -2.18. The Bertz CT molecular complexity index is 345. The molecule has 0 amide bonds. The number of carboxylic acid groups (broad SMARTS) is 1. The molecule has 94 valence electrons. The van der Waals surface area contributed by atoms with Gasteiger partial charge in [0.25, 0.3) is 0 Å². The minimum Gasteiger partial charge on any atom is -0.497 e. The molecular formula is C13H18O4. The molecule has 0 spiro atoms. The zero-order valence-corrected chi connectivity index (χ0v) is 10.2. The highest BCUT2D eigenvalue weighted by molar-refractivity contribution is 5.70. The van der Waals surface area contributed by atoms with Crippen LogP contribution in [0, 0.1) is 5.92 Å². The summed E-state index contributed by atoms with van der Waals surface area (Å²) in [5.41, 5.74) is 0.995. The van der Waals surface area contributed by atoms with Crippen LogP contribution in [0.4, 0.5) is 0 Å². The minimum absolute atomic E-state index is 0.400. The summed E-state index contributed by atoms with van der Waals surface area (Å²) in [7, 11) is 3.18. The lowest BCUT2D eigenvalue weighted by molar-refractivity contribution is -0.142. The maximum atomic E-state index is 11.1. The summed E-state index contributed by atoms with van der Waals surface area (Å²) in [6, 6.07) is 7.46. The van der Waals surface area contributed by atoms with E-state index in [0.29, 0.717) is 19.4 Å². The predicted octanol–water partition coefficient (Wildman–Crippen LogP) is 1.98. The van der Waals surface area contributed by atoms with Gasteiger partial charge in [0.2, 0.25) is 0 Å². The fraction of sp³-hybridized carbons (Fsp3) is 0.462. The van der Waals surface area contributed by atoms with E-state index < -0.39 is 11.9 Å². The van der Waals surface area contributed by atoms with Gasteiger partial charge in [0.15, 0.2) is 0 Å². The van der Waals surface area contributed by atoms with Crippen molar-refractivity contribution >= 4 is 5.97 Å². The van der Waals surface area contributed by atoms with Crippen molar-refractivity contribution in [3.8, 4) is 5.75 Å². The van der Waals surface area contributed by atoms with Gasteiger partial charge >= 0.3 is 5.97 Å². The van der Waals surface area contributed by atoms with E-state index in [1.54, 1.807) is 14.2 Å². The highest BCUT2D eigenvalue weighted by Gasteiger charge is 2.17. The van der Waals surface area contributed by atoms with Gasteiger partial charge in [-0.3, -0.25) is 4.79 Å². The third-order valence-electron chi connectivity index (χ3n) is 2.66.